The monoisotopic (exact) mass is 295 g/mol. The highest BCUT2D eigenvalue weighted by Gasteiger charge is 2.07. The molecule has 5 heteroatoms. The molecule has 0 aromatic heterocycles. The summed E-state index contributed by atoms with van der Waals surface area (Å²) in [7, 11) is 3.17. The predicted molar refractivity (Wildman–Crippen MR) is 78.3 cm³/mol. The molecule has 0 saturated carbocycles. The van der Waals surface area contributed by atoms with Gasteiger partial charge in [-0.2, -0.15) is 0 Å². The van der Waals surface area contributed by atoms with Crippen LogP contribution < -0.4 is 14.8 Å². The fourth-order valence-electron chi connectivity index (χ4n) is 1.82. The smallest absolute Gasteiger partial charge is 0.146 e. The van der Waals surface area contributed by atoms with Gasteiger partial charge in [0.05, 0.1) is 19.9 Å². The maximum absolute atomic E-state index is 13.6. The SMILES string of the molecule is COc1ccc(CNc2cc(Cl)ccc2F)c(OC)c1. The lowest BCUT2D eigenvalue weighted by Gasteiger charge is -2.12. The van der Waals surface area contributed by atoms with Gasteiger partial charge < -0.3 is 14.8 Å². The van der Waals surface area contributed by atoms with Crippen molar-refractivity contribution < 1.29 is 13.9 Å². The summed E-state index contributed by atoms with van der Waals surface area (Å²) in [5.41, 5.74) is 1.25. The first kappa shape index (κ1) is 14.5. The second kappa shape index (κ2) is 6.48. The van der Waals surface area contributed by atoms with Crippen LogP contribution in [0.15, 0.2) is 36.4 Å². The van der Waals surface area contributed by atoms with Gasteiger partial charge in [-0.1, -0.05) is 11.6 Å². The number of methoxy groups -OCH3 is 2. The van der Waals surface area contributed by atoms with E-state index in [-0.39, 0.29) is 5.82 Å². The lowest BCUT2D eigenvalue weighted by molar-refractivity contribution is 0.391. The normalized spacial score (nSPS) is 10.2. The van der Waals surface area contributed by atoms with Crippen LogP contribution in [0.1, 0.15) is 5.56 Å². The third-order valence-corrected chi connectivity index (χ3v) is 3.13. The third-order valence-electron chi connectivity index (χ3n) is 2.89. The number of hydrogen-bond donors (Lipinski definition) is 1. The van der Waals surface area contributed by atoms with Crippen molar-refractivity contribution in [3.63, 3.8) is 0 Å². The molecule has 0 unspecified atom stereocenters. The van der Waals surface area contributed by atoms with Crippen LogP contribution in [-0.2, 0) is 6.54 Å². The molecule has 20 heavy (non-hydrogen) atoms. The topological polar surface area (TPSA) is 30.5 Å². The van der Waals surface area contributed by atoms with Crippen molar-refractivity contribution >= 4 is 17.3 Å². The summed E-state index contributed by atoms with van der Waals surface area (Å²) >= 11 is 5.85. The molecule has 0 spiro atoms. The average molecular weight is 296 g/mol. The molecule has 2 aromatic carbocycles. The number of halogens is 2. The maximum atomic E-state index is 13.6. The minimum absolute atomic E-state index is 0.345. The van der Waals surface area contributed by atoms with E-state index in [0.29, 0.717) is 28.8 Å². The standard InChI is InChI=1S/C15H15ClFNO2/c1-19-12-5-3-10(15(8-12)20-2)9-18-14-7-11(16)4-6-13(14)17/h3-8,18H,9H2,1-2H3. The van der Waals surface area contributed by atoms with Gasteiger partial charge in [0.2, 0.25) is 0 Å². The zero-order valence-corrected chi connectivity index (χ0v) is 12.0. The summed E-state index contributed by atoms with van der Waals surface area (Å²) in [4.78, 5) is 0. The molecule has 0 aliphatic rings. The summed E-state index contributed by atoms with van der Waals surface area (Å²) in [5.74, 6) is 1.04. The first-order valence-electron chi connectivity index (χ1n) is 6.04. The van der Waals surface area contributed by atoms with Crippen LogP contribution >= 0.6 is 11.6 Å². The minimum Gasteiger partial charge on any atom is -0.497 e. The van der Waals surface area contributed by atoms with Crippen LogP contribution in [0.4, 0.5) is 10.1 Å². The Balaban J connectivity index is 2.16. The van der Waals surface area contributed by atoms with Crippen LogP contribution in [0.3, 0.4) is 0 Å². The fourth-order valence-corrected chi connectivity index (χ4v) is 1.99. The number of nitrogens with one attached hydrogen (secondary N) is 1. The zero-order valence-electron chi connectivity index (χ0n) is 11.2. The second-order valence-corrected chi connectivity index (χ2v) is 4.59. The van der Waals surface area contributed by atoms with Crippen molar-refractivity contribution in [2.24, 2.45) is 0 Å². The molecule has 0 bridgehead atoms. The Hall–Kier alpha value is -1.94. The molecule has 3 nitrogen and oxygen atoms in total. The van der Waals surface area contributed by atoms with Gasteiger partial charge in [0.15, 0.2) is 0 Å². The quantitative estimate of drug-likeness (QED) is 0.900. The Morgan fingerprint density at radius 1 is 1.10 bits per heavy atom. The van der Waals surface area contributed by atoms with Crippen molar-refractivity contribution in [3.05, 3.63) is 52.8 Å². The molecule has 0 fully saturated rings. The van der Waals surface area contributed by atoms with Crippen molar-refractivity contribution in [1.82, 2.24) is 0 Å². The van der Waals surface area contributed by atoms with Gasteiger partial charge in [-0.3, -0.25) is 0 Å². The molecule has 0 heterocycles. The summed E-state index contributed by atoms with van der Waals surface area (Å²) in [6, 6.07) is 9.87. The molecule has 0 aliphatic carbocycles. The van der Waals surface area contributed by atoms with E-state index in [9.17, 15) is 4.39 Å². The lowest BCUT2D eigenvalue weighted by atomic mass is 10.2. The Labute approximate surface area is 122 Å². The summed E-state index contributed by atoms with van der Waals surface area (Å²) in [5, 5.41) is 3.48. The Morgan fingerprint density at radius 2 is 1.90 bits per heavy atom. The first-order chi connectivity index (χ1) is 9.63. The van der Waals surface area contributed by atoms with Gasteiger partial charge in [-0.25, -0.2) is 4.39 Å². The van der Waals surface area contributed by atoms with Crippen LogP contribution in [0, 0.1) is 5.82 Å². The molecule has 0 radical (unpaired) electrons. The van der Waals surface area contributed by atoms with Crippen LogP contribution in [-0.4, -0.2) is 14.2 Å². The van der Waals surface area contributed by atoms with Gasteiger partial charge in [0.25, 0.3) is 0 Å². The molecule has 1 N–H and O–H groups in total. The lowest BCUT2D eigenvalue weighted by Crippen LogP contribution is -2.03. The van der Waals surface area contributed by atoms with E-state index in [4.69, 9.17) is 21.1 Å². The zero-order chi connectivity index (χ0) is 14.5. The van der Waals surface area contributed by atoms with Crippen LogP contribution in [0.5, 0.6) is 11.5 Å². The first-order valence-corrected chi connectivity index (χ1v) is 6.41. The summed E-state index contributed by atoms with van der Waals surface area (Å²) in [6.45, 7) is 0.421. The molecule has 0 amide bonds. The van der Waals surface area contributed by atoms with Crippen molar-refractivity contribution in [1.29, 1.82) is 0 Å². The highest BCUT2D eigenvalue weighted by molar-refractivity contribution is 6.30. The number of rotatable bonds is 5. The van der Waals surface area contributed by atoms with E-state index >= 15 is 0 Å². The van der Waals surface area contributed by atoms with E-state index in [2.05, 4.69) is 5.32 Å². The van der Waals surface area contributed by atoms with Gasteiger partial charge in [0, 0.05) is 23.2 Å². The largest absolute Gasteiger partial charge is 0.497 e. The average Bonchev–Trinajstić information content (AvgIpc) is 2.48. The summed E-state index contributed by atoms with van der Waals surface area (Å²) in [6.07, 6.45) is 0. The molecule has 0 saturated heterocycles. The fraction of sp³-hybridized carbons (Fsp3) is 0.200. The van der Waals surface area contributed by atoms with E-state index in [0.717, 1.165) is 5.56 Å². The van der Waals surface area contributed by atoms with Gasteiger partial charge in [-0.15, -0.1) is 0 Å². The van der Waals surface area contributed by atoms with Crippen LogP contribution in [0.2, 0.25) is 5.02 Å². The number of hydrogen-bond acceptors (Lipinski definition) is 3. The second-order valence-electron chi connectivity index (χ2n) is 4.16. The molecule has 0 atom stereocenters. The van der Waals surface area contributed by atoms with Crippen LogP contribution in [0.25, 0.3) is 0 Å². The molecular formula is C15H15ClFNO2. The highest BCUT2D eigenvalue weighted by Crippen LogP contribution is 2.26. The Morgan fingerprint density at radius 3 is 2.60 bits per heavy atom. The maximum Gasteiger partial charge on any atom is 0.146 e. The minimum atomic E-state index is -0.345. The Bertz CT molecular complexity index is 604. The van der Waals surface area contributed by atoms with E-state index < -0.39 is 0 Å². The predicted octanol–water partition coefficient (Wildman–Crippen LogP) is 4.11. The molecule has 2 aromatic rings. The van der Waals surface area contributed by atoms with Gasteiger partial charge in [-0.05, 0) is 30.3 Å². The number of ether oxygens (including phenoxy) is 2. The Kier molecular flexibility index (Phi) is 4.69. The van der Waals surface area contributed by atoms with E-state index in [1.165, 1.54) is 12.1 Å². The summed E-state index contributed by atoms with van der Waals surface area (Å²) < 4.78 is 24.0. The van der Waals surface area contributed by atoms with E-state index in [1.54, 1.807) is 26.4 Å². The van der Waals surface area contributed by atoms with Gasteiger partial charge in [0.1, 0.15) is 17.3 Å². The van der Waals surface area contributed by atoms with Crippen molar-refractivity contribution in [2.75, 3.05) is 19.5 Å². The van der Waals surface area contributed by atoms with Crippen molar-refractivity contribution in [2.45, 2.75) is 6.54 Å². The molecule has 2 rings (SSSR count). The number of anilines is 1. The molecular weight excluding hydrogens is 281 g/mol. The third kappa shape index (κ3) is 3.33. The molecule has 0 aliphatic heterocycles. The van der Waals surface area contributed by atoms with Crippen molar-refractivity contribution in [3.8, 4) is 11.5 Å². The molecule has 106 valence electrons. The van der Waals surface area contributed by atoms with Gasteiger partial charge >= 0.3 is 0 Å². The van der Waals surface area contributed by atoms with E-state index in [1.807, 2.05) is 12.1 Å². The highest BCUT2D eigenvalue weighted by atomic mass is 35.5. The number of benzene rings is 2.